The van der Waals surface area contributed by atoms with Crippen molar-refractivity contribution in [1.29, 1.82) is 0 Å². The summed E-state index contributed by atoms with van der Waals surface area (Å²) in [7, 11) is 4.25. The lowest BCUT2D eigenvalue weighted by Gasteiger charge is -2.24. The van der Waals surface area contributed by atoms with Crippen molar-refractivity contribution in [2.75, 3.05) is 27.2 Å². The lowest BCUT2D eigenvalue weighted by molar-refractivity contribution is 0.308. The zero-order chi connectivity index (χ0) is 15.2. The maximum Gasteiger partial charge on any atom is 0.123 e. The number of benzene rings is 1. The van der Waals surface area contributed by atoms with Crippen LogP contribution >= 0.6 is 0 Å². The van der Waals surface area contributed by atoms with Gasteiger partial charge in [0.05, 0.1) is 6.61 Å². The van der Waals surface area contributed by atoms with E-state index >= 15 is 0 Å². The predicted molar refractivity (Wildman–Crippen MR) is 87.8 cm³/mol. The summed E-state index contributed by atoms with van der Waals surface area (Å²) in [5.74, 6) is 1.05. The molecule has 0 aliphatic rings. The highest BCUT2D eigenvalue weighted by atomic mass is 16.5. The summed E-state index contributed by atoms with van der Waals surface area (Å²) < 4.78 is 5.90. The van der Waals surface area contributed by atoms with Crippen LogP contribution in [0.2, 0.25) is 0 Å². The molecule has 1 rings (SSSR count). The fourth-order valence-corrected chi connectivity index (χ4v) is 2.26. The fraction of sp³-hybridized carbons (Fsp3) is 0.667. The van der Waals surface area contributed by atoms with Crippen molar-refractivity contribution in [2.24, 2.45) is 0 Å². The molecule has 20 heavy (non-hydrogen) atoms. The van der Waals surface area contributed by atoms with Crippen molar-refractivity contribution in [3.8, 4) is 5.75 Å². The molecule has 1 aromatic rings. The minimum Gasteiger partial charge on any atom is -0.493 e. The zero-order valence-electron chi connectivity index (χ0n) is 14.1. The molecule has 0 atom stereocenters. The average molecular weight is 277 g/mol. The van der Waals surface area contributed by atoms with E-state index in [0.717, 1.165) is 31.7 Å². The van der Waals surface area contributed by atoms with Crippen LogP contribution in [-0.2, 0) is 11.8 Å². The molecule has 0 aliphatic heterocycles. The van der Waals surface area contributed by atoms with Crippen molar-refractivity contribution in [3.63, 3.8) is 0 Å². The molecule has 0 unspecified atom stereocenters. The first-order valence-corrected chi connectivity index (χ1v) is 7.75. The van der Waals surface area contributed by atoms with Crippen molar-refractivity contribution in [3.05, 3.63) is 29.3 Å². The van der Waals surface area contributed by atoms with E-state index in [4.69, 9.17) is 4.74 Å². The van der Waals surface area contributed by atoms with E-state index in [0.29, 0.717) is 0 Å². The molecule has 0 amide bonds. The van der Waals surface area contributed by atoms with E-state index in [1.807, 2.05) is 0 Å². The van der Waals surface area contributed by atoms with Crippen molar-refractivity contribution in [2.45, 2.75) is 52.4 Å². The van der Waals surface area contributed by atoms with Gasteiger partial charge in [0.25, 0.3) is 0 Å². The predicted octanol–water partition coefficient (Wildman–Crippen LogP) is 4.27. The zero-order valence-corrected chi connectivity index (χ0v) is 14.1. The topological polar surface area (TPSA) is 12.5 Å². The molecule has 0 radical (unpaired) electrons. The first kappa shape index (κ1) is 17.0. The summed E-state index contributed by atoms with van der Waals surface area (Å²) in [4.78, 5) is 2.24. The largest absolute Gasteiger partial charge is 0.493 e. The summed E-state index contributed by atoms with van der Waals surface area (Å²) in [6, 6.07) is 6.71. The number of rotatable bonds is 7. The molecular weight excluding hydrogens is 246 g/mol. The Morgan fingerprint density at radius 1 is 1.15 bits per heavy atom. The van der Waals surface area contributed by atoms with Crippen molar-refractivity contribution in [1.82, 2.24) is 4.90 Å². The van der Waals surface area contributed by atoms with E-state index in [1.165, 1.54) is 17.5 Å². The molecule has 0 N–H and O–H groups in total. The smallest absolute Gasteiger partial charge is 0.123 e. The highest BCUT2D eigenvalue weighted by molar-refractivity contribution is 5.41. The van der Waals surface area contributed by atoms with Gasteiger partial charge in [-0.15, -0.1) is 0 Å². The van der Waals surface area contributed by atoms with E-state index in [2.05, 4.69) is 64.9 Å². The quantitative estimate of drug-likeness (QED) is 0.738. The summed E-state index contributed by atoms with van der Waals surface area (Å²) >= 11 is 0. The second kappa shape index (κ2) is 7.68. The normalized spacial score (nSPS) is 11.9. The summed E-state index contributed by atoms with van der Waals surface area (Å²) in [6.07, 6.45) is 3.38. The van der Waals surface area contributed by atoms with Crippen LogP contribution in [0.1, 0.15) is 51.7 Å². The maximum atomic E-state index is 5.90. The Labute approximate surface area is 125 Å². The highest BCUT2D eigenvalue weighted by Gasteiger charge is 2.19. The number of hydrogen-bond donors (Lipinski definition) is 0. The standard InChI is InChI=1S/C18H31NO/c1-7-13-20-17-11-10-15(9-8-12-19(5)6)14-16(17)18(2,3)4/h10-11,14H,7-9,12-13H2,1-6H3. The molecule has 2 heteroatoms. The molecule has 0 aliphatic carbocycles. The summed E-state index contributed by atoms with van der Waals surface area (Å²) in [5.41, 5.74) is 2.87. The van der Waals surface area contributed by atoms with Crippen LogP contribution in [-0.4, -0.2) is 32.1 Å². The van der Waals surface area contributed by atoms with Gasteiger partial charge in [-0.25, -0.2) is 0 Å². The van der Waals surface area contributed by atoms with E-state index < -0.39 is 0 Å². The Kier molecular flexibility index (Phi) is 6.54. The minimum atomic E-state index is 0.126. The molecule has 2 nitrogen and oxygen atoms in total. The Bertz CT molecular complexity index is 404. The van der Waals surface area contributed by atoms with Gasteiger partial charge >= 0.3 is 0 Å². The molecule has 1 aromatic carbocycles. The molecular formula is C18H31NO. The number of nitrogens with zero attached hydrogens (tertiary/aromatic N) is 1. The first-order chi connectivity index (χ1) is 9.34. The van der Waals surface area contributed by atoms with Crippen LogP contribution in [0.4, 0.5) is 0 Å². The molecule has 0 spiro atoms. The Balaban J connectivity index is 2.84. The number of ether oxygens (including phenoxy) is 1. The van der Waals surface area contributed by atoms with E-state index in [-0.39, 0.29) is 5.41 Å². The third kappa shape index (κ3) is 5.54. The third-order valence-electron chi connectivity index (χ3n) is 3.38. The Morgan fingerprint density at radius 3 is 2.40 bits per heavy atom. The van der Waals surface area contributed by atoms with E-state index in [1.54, 1.807) is 0 Å². The fourth-order valence-electron chi connectivity index (χ4n) is 2.26. The molecule has 0 saturated heterocycles. The number of hydrogen-bond acceptors (Lipinski definition) is 2. The molecule has 114 valence electrons. The average Bonchev–Trinajstić information content (AvgIpc) is 2.35. The third-order valence-corrected chi connectivity index (χ3v) is 3.38. The molecule has 0 aromatic heterocycles. The van der Waals surface area contributed by atoms with Gasteiger partial charge in [-0.05, 0) is 62.5 Å². The summed E-state index contributed by atoms with van der Waals surface area (Å²) in [6.45, 7) is 10.8. The maximum absolute atomic E-state index is 5.90. The van der Waals surface area contributed by atoms with Crippen molar-refractivity contribution >= 4 is 0 Å². The Hall–Kier alpha value is -1.02. The van der Waals surface area contributed by atoms with Gasteiger partial charge in [0.1, 0.15) is 5.75 Å². The van der Waals surface area contributed by atoms with Gasteiger partial charge in [-0.2, -0.15) is 0 Å². The van der Waals surface area contributed by atoms with Crippen LogP contribution < -0.4 is 4.74 Å². The first-order valence-electron chi connectivity index (χ1n) is 7.75. The summed E-state index contributed by atoms with van der Waals surface area (Å²) in [5, 5.41) is 0. The van der Waals surface area contributed by atoms with Gasteiger partial charge in [-0.3, -0.25) is 0 Å². The molecule has 0 bridgehead atoms. The SMILES string of the molecule is CCCOc1ccc(CCCN(C)C)cc1C(C)(C)C. The van der Waals surface area contributed by atoms with Gasteiger partial charge in [-0.1, -0.05) is 39.8 Å². The Morgan fingerprint density at radius 2 is 1.85 bits per heavy atom. The van der Waals surface area contributed by atoms with Crippen LogP contribution in [0.15, 0.2) is 18.2 Å². The van der Waals surface area contributed by atoms with Crippen LogP contribution in [0.3, 0.4) is 0 Å². The van der Waals surface area contributed by atoms with Gasteiger partial charge in [0.2, 0.25) is 0 Å². The number of aryl methyl sites for hydroxylation is 1. The van der Waals surface area contributed by atoms with Gasteiger partial charge in [0.15, 0.2) is 0 Å². The highest BCUT2D eigenvalue weighted by Crippen LogP contribution is 2.32. The second-order valence-corrected chi connectivity index (χ2v) is 6.84. The minimum absolute atomic E-state index is 0.126. The van der Waals surface area contributed by atoms with E-state index in [9.17, 15) is 0 Å². The van der Waals surface area contributed by atoms with Crippen molar-refractivity contribution < 1.29 is 4.74 Å². The van der Waals surface area contributed by atoms with Gasteiger partial charge < -0.3 is 9.64 Å². The van der Waals surface area contributed by atoms with Crippen LogP contribution in [0.5, 0.6) is 5.75 Å². The lowest BCUT2D eigenvalue weighted by Crippen LogP contribution is -2.15. The second-order valence-electron chi connectivity index (χ2n) is 6.84. The molecule has 0 heterocycles. The van der Waals surface area contributed by atoms with Crippen LogP contribution in [0.25, 0.3) is 0 Å². The lowest BCUT2D eigenvalue weighted by atomic mass is 9.85. The monoisotopic (exact) mass is 277 g/mol. The van der Waals surface area contributed by atoms with Gasteiger partial charge in [0, 0.05) is 0 Å². The molecule has 0 saturated carbocycles. The van der Waals surface area contributed by atoms with Crippen LogP contribution in [0, 0.1) is 0 Å². The molecule has 0 fully saturated rings.